The molecule has 3 aromatic rings. The van der Waals surface area contributed by atoms with Crippen molar-refractivity contribution < 1.29 is 28.7 Å². The highest BCUT2D eigenvalue weighted by Gasteiger charge is 2.33. The number of imide groups is 1. The molecule has 1 N–H and O–H groups in total. The smallest absolute Gasteiger partial charge is 0.417 e. The van der Waals surface area contributed by atoms with Crippen LogP contribution in [0.15, 0.2) is 18.5 Å². The highest BCUT2D eigenvalue weighted by Crippen LogP contribution is 2.30. The van der Waals surface area contributed by atoms with Gasteiger partial charge in [-0.1, -0.05) is 11.6 Å². The maximum Gasteiger partial charge on any atom is 0.417 e. The van der Waals surface area contributed by atoms with Gasteiger partial charge in [-0.05, 0) is 34.1 Å². The summed E-state index contributed by atoms with van der Waals surface area (Å²) in [6.07, 6.45) is 1.82. The van der Waals surface area contributed by atoms with Gasteiger partial charge in [-0.2, -0.15) is 9.61 Å². The second-order valence-electron chi connectivity index (χ2n) is 9.85. The SMILES string of the molecule is COc1ncc(COC(C)CN(C(=O)OC(C)(C)C)C(=O)c2cnn3c4c(c(Cl)nc23)CCN4)cc1[N+](=O)[O-]. The van der Waals surface area contributed by atoms with Crippen LogP contribution < -0.4 is 10.1 Å². The number of hydrogen-bond acceptors (Lipinski definition) is 11. The first kappa shape index (κ1) is 28.0. The van der Waals surface area contributed by atoms with Crippen molar-refractivity contribution >= 4 is 40.8 Å². The zero-order valence-corrected chi connectivity index (χ0v) is 22.8. The van der Waals surface area contributed by atoms with Crippen LogP contribution >= 0.6 is 11.6 Å². The van der Waals surface area contributed by atoms with Gasteiger partial charge in [-0.3, -0.25) is 14.9 Å². The summed E-state index contributed by atoms with van der Waals surface area (Å²) >= 11 is 6.36. The Bertz CT molecular complexity index is 1440. The van der Waals surface area contributed by atoms with E-state index in [4.69, 9.17) is 25.8 Å². The average Bonchev–Trinajstić information content (AvgIpc) is 3.52. The molecule has 0 saturated carbocycles. The van der Waals surface area contributed by atoms with Gasteiger partial charge in [-0.25, -0.2) is 19.7 Å². The lowest BCUT2D eigenvalue weighted by atomic mass is 10.2. The van der Waals surface area contributed by atoms with Crippen LogP contribution in [-0.4, -0.2) is 73.3 Å². The Morgan fingerprint density at radius 3 is 2.74 bits per heavy atom. The third kappa shape index (κ3) is 6.01. The van der Waals surface area contributed by atoms with Gasteiger partial charge >= 0.3 is 11.8 Å². The highest BCUT2D eigenvalue weighted by atomic mass is 35.5. The van der Waals surface area contributed by atoms with E-state index in [9.17, 15) is 19.7 Å². The Labute approximate surface area is 228 Å². The van der Waals surface area contributed by atoms with E-state index in [2.05, 4.69) is 20.4 Å². The van der Waals surface area contributed by atoms with E-state index in [-0.39, 0.29) is 41.1 Å². The van der Waals surface area contributed by atoms with E-state index in [1.54, 1.807) is 27.7 Å². The Morgan fingerprint density at radius 2 is 2.08 bits per heavy atom. The molecule has 0 saturated heterocycles. The van der Waals surface area contributed by atoms with E-state index in [0.29, 0.717) is 24.3 Å². The maximum absolute atomic E-state index is 13.7. The average molecular weight is 562 g/mol. The summed E-state index contributed by atoms with van der Waals surface area (Å²) in [5, 5.41) is 19.0. The van der Waals surface area contributed by atoms with Crippen LogP contribution in [0.5, 0.6) is 5.88 Å². The van der Waals surface area contributed by atoms with Crippen molar-refractivity contribution in [2.24, 2.45) is 0 Å². The molecule has 4 rings (SSSR count). The first-order valence-corrected chi connectivity index (χ1v) is 12.4. The minimum absolute atomic E-state index is 0.0569. The van der Waals surface area contributed by atoms with Crippen LogP contribution in [0.2, 0.25) is 5.15 Å². The largest absolute Gasteiger partial charge is 0.476 e. The molecule has 15 heteroatoms. The monoisotopic (exact) mass is 561 g/mol. The molecule has 39 heavy (non-hydrogen) atoms. The number of rotatable bonds is 8. The normalized spacial score (nSPS) is 13.5. The fourth-order valence-electron chi connectivity index (χ4n) is 3.96. The van der Waals surface area contributed by atoms with Gasteiger partial charge in [0.15, 0.2) is 5.65 Å². The number of nitrogens with one attached hydrogen (secondary N) is 1. The number of nitro groups is 1. The summed E-state index contributed by atoms with van der Waals surface area (Å²) in [4.78, 5) is 46.7. The predicted octanol–water partition coefficient (Wildman–Crippen LogP) is 3.65. The van der Waals surface area contributed by atoms with Crippen LogP contribution in [0.4, 0.5) is 16.3 Å². The highest BCUT2D eigenvalue weighted by molar-refractivity contribution is 6.30. The summed E-state index contributed by atoms with van der Waals surface area (Å²) in [7, 11) is 1.28. The zero-order chi connectivity index (χ0) is 28.5. The van der Waals surface area contributed by atoms with Crippen molar-refractivity contribution in [2.45, 2.75) is 52.4 Å². The predicted molar refractivity (Wildman–Crippen MR) is 139 cm³/mol. The molecule has 1 unspecified atom stereocenters. The van der Waals surface area contributed by atoms with E-state index in [1.165, 1.54) is 30.1 Å². The second-order valence-corrected chi connectivity index (χ2v) is 10.2. The van der Waals surface area contributed by atoms with Crippen LogP contribution in [0.25, 0.3) is 5.65 Å². The number of amides is 2. The quantitative estimate of drug-likeness (QED) is 0.242. The molecule has 14 nitrogen and oxygen atoms in total. The lowest BCUT2D eigenvalue weighted by molar-refractivity contribution is -0.386. The zero-order valence-electron chi connectivity index (χ0n) is 22.1. The van der Waals surface area contributed by atoms with Gasteiger partial charge in [-0.15, -0.1) is 0 Å². The number of ether oxygens (including phenoxy) is 3. The number of nitrogens with zero attached hydrogens (tertiary/aromatic N) is 6. The number of aromatic nitrogens is 4. The summed E-state index contributed by atoms with van der Waals surface area (Å²) in [6, 6.07) is 1.29. The molecule has 0 aromatic carbocycles. The van der Waals surface area contributed by atoms with Crippen molar-refractivity contribution in [3.8, 4) is 5.88 Å². The number of carbonyl (C=O) groups is 2. The standard InChI is InChI=1S/C24H28ClN7O7/c1-13(38-12-14-8-17(32(35)36)21(37-5)27-9-14)11-30(23(34)39-24(2,3)4)22(33)16-10-28-31-19-15(6-7-26-19)18(25)29-20(16)31/h8-10,13,26H,6-7,11-12H2,1-5H3. The topological polar surface area (TPSA) is 163 Å². The van der Waals surface area contributed by atoms with Crippen LogP contribution in [0, 0.1) is 10.1 Å². The summed E-state index contributed by atoms with van der Waals surface area (Å²) in [6.45, 7) is 7.10. The van der Waals surface area contributed by atoms with Gasteiger partial charge < -0.3 is 19.5 Å². The lowest BCUT2D eigenvalue weighted by Gasteiger charge is -2.27. The van der Waals surface area contributed by atoms with Gasteiger partial charge in [0.25, 0.3) is 11.8 Å². The molecule has 0 radical (unpaired) electrons. The van der Waals surface area contributed by atoms with Gasteiger partial charge in [0, 0.05) is 29.9 Å². The van der Waals surface area contributed by atoms with Crippen molar-refractivity contribution in [1.29, 1.82) is 0 Å². The fraction of sp³-hybridized carbons (Fsp3) is 0.458. The Hall–Kier alpha value is -4.04. The minimum atomic E-state index is -0.880. The Balaban J connectivity index is 1.57. The lowest BCUT2D eigenvalue weighted by Crippen LogP contribution is -2.44. The minimum Gasteiger partial charge on any atom is -0.476 e. The molecule has 1 aliphatic rings. The number of hydrogen-bond donors (Lipinski definition) is 1. The molecule has 208 valence electrons. The Morgan fingerprint density at radius 1 is 1.33 bits per heavy atom. The molecule has 0 aliphatic carbocycles. The summed E-state index contributed by atoms with van der Waals surface area (Å²) in [5.41, 5.74) is 0.272. The molecule has 0 spiro atoms. The first-order valence-electron chi connectivity index (χ1n) is 12.0. The molecule has 0 fully saturated rings. The first-order chi connectivity index (χ1) is 18.4. The van der Waals surface area contributed by atoms with Crippen LogP contribution in [0.3, 0.4) is 0 Å². The number of halogens is 1. The van der Waals surface area contributed by atoms with Crippen LogP contribution in [0.1, 0.15) is 49.2 Å². The summed E-state index contributed by atoms with van der Waals surface area (Å²) in [5.74, 6) is -0.175. The van der Waals surface area contributed by atoms with E-state index in [1.807, 2.05) is 0 Å². The van der Waals surface area contributed by atoms with Crippen LogP contribution in [-0.2, 0) is 22.5 Å². The third-order valence-electron chi connectivity index (χ3n) is 5.70. The van der Waals surface area contributed by atoms with Crippen molar-refractivity contribution in [3.05, 3.63) is 50.4 Å². The van der Waals surface area contributed by atoms with Gasteiger partial charge in [0.1, 0.15) is 22.1 Å². The van der Waals surface area contributed by atoms with E-state index < -0.39 is 28.6 Å². The number of pyridine rings is 1. The van der Waals surface area contributed by atoms with Crippen molar-refractivity contribution in [3.63, 3.8) is 0 Å². The number of carbonyl (C=O) groups excluding carboxylic acids is 2. The van der Waals surface area contributed by atoms with E-state index in [0.717, 1.165) is 10.5 Å². The third-order valence-corrected chi connectivity index (χ3v) is 6.02. The van der Waals surface area contributed by atoms with Gasteiger partial charge in [0.05, 0.1) is 37.5 Å². The molecule has 1 aliphatic heterocycles. The Kier molecular flexibility index (Phi) is 7.88. The molecule has 4 heterocycles. The number of methoxy groups -OCH3 is 1. The maximum atomic E-state index is 13.7. The second kappa shape index (κ2) is 11.0. The van der Waals surface area contributed by atoms with Gasteiger partial charge in [0.2, 0.25) is 0 Å². The molecule has 3 aromatic heterocycles. The molecular weight excluding hydrogens is 534 g/mol. The number of fused-ring (bicyclic) bond motifs is 3. The van der Waals surface area contributed by atoms with E-state index >= 15 is 0 Å². The molecule has 1 atom stereocenters. The summed E-state index contributed by atoms with van der Waals surface area (Å²) < 4.78 is 17.7. The van der Waals surface area contributed by atoms with Crippen molar-refractivity contribution in [2.75, 3.05) is 25.5 Å². The molecule has 0 bridgehead atoms. The number of anilines is 1. The molecule has 2 amide bonds. The fourth-order valence-corrected chi connectivity index (χ4v) is 4.22. The van der Waals surface area contributed by atoms with Crippen molar-refractivity contribution in [1.82, 2.24) is 24.5 Å². The molecular formula is C24H28ClN7O7.